The highest BCUT2D eigenvalue weighted by molar-refractivity contribution is 6.31. The Kier molecular flexibility index (Phi) is 10.9. The molecule has 2 N–H and O–H groups in total. The highest BCUT2D eigenvalue weighted by Gasteiger charge is 2.45. The van der Waals surface area contributed by atoms with Gasteiger partial charge in [-0.3, -0.25) is 39.1 Å². The number of benzene rings is 2. The maximum atomic E-state index is 15.2. The Bertz CT molecular complexity index is 2100. The van der Waals surface area contributed by atoms with Crippen LogP contribution in [-0.4, -0.2) is 102 Å². The van der Waals surface area contributed by atoms with E-state index in [1.807, 2.05) is 11.0 Å². The lowest BCUT2D eigenvalue weighted by Crippen LogP contribution is -2.54. The minimum absolute atomic E-state index is 0.0114. The number of carbonyl (C=O) groups is 5. The second kappa shape index (κ2) is 16.0. The standard InChI is InChI=1S/C38H36ClF2N7O7/c39-28-15-24(4-1-21(28)19-42)55-23-5-2-22(3-6-23)44-35(50)27-20-43-33(18-29(27)40)47-11-9-46(10-12-47)13-14-54-32-17-26-25(16-30(32)41)37(52)48(38(26)53)31-7-8-34(49)45-36(31)51/h1,4,15-18,20,22-23,31H,2-3,5-14H2,(H,44,50)(H,45,49,51). The molecule has 0 spiro atoms. The third kappa shape index (κ3) is 8.08. The fraction of sp³-hybridized carbons (Fsp3) is 0.395. The van der Waals surface area contributed by atoms with Gasteiger partial charge in [-0.2, -0.15) is 5.26 Å². The predicted molar refractivity (Wildman–Crippen MR) is 192 cm³/mol. The largest absolute Gasteiger partial charge is 0.490 e. The number of aromatic nitrogens is 1. The molecule has 1 aromatic heterocycles. The monoisotopic (exact) mass is 775 g/mol. The van der Waals surface area contributed by atoms with Gasteiger partial charge in [0, 0.05) is 63.5 Å². The van der Waals surface area contributed by atoms with Crippen LogP contribution < -0.4 is 25.0 Å². The van der Waals surface area contributed by atoms with Crippen molar-refractivity contribution in [3.63, 3.8) is 0 Å². The van der Waals surface area contributed by atoms with Crippen LogP contribution in [0.4, 0.5) is 14.6 Å². The fourth-order valence-electron chi connectivity index (χ4n) is 7.27. The van der Waals surface area contributed by atoms with Crippen LogP contribution in [0, 0.1) is 23.0 Å². The number of amides is 5. The van der Waals surface area contributed by atoms with Gasteiger partial charge in [0.1, 0.15) is 36.1 Å². The van der Waals surface area contributed by atoms with E-state index in [1.54, 1.807) is 18.2 Å². The maximum Gasteiger partial charge on any atom is 0.262 e. The molecule has 0 bridgehead atoms. The summed E-state index contributed by atoms with van der Waals surface area (Å²) in [4.78, 5) is 71.9. The fourth-order valence-corrected chi connectivity index (χ4v) is 7.48. The number of nitrogens with one attached hydrogen (secondary N) is 2. The smallest absolute Gasteiger partial charge is 0.262 e. The Labute approximate surface area is 319 Å². The van der Waals surface area contributed by atoms with E-state index in [0.29, 0.717) is 80.6 Å². The van der Waals surface area contributed by atoms with E-state index < -0.39 is 47.2 Å². The number of piperazine rings is 1. The van der Waals surface area contributed by atoms with Gasteiger partial charge in [-0.05, 0) is 56.4 Å². The summed E-state index contributed by atoms with van der Waals surface area (Å²) in [7, 11) is 0. The van der Waals surface area contributed by atoms with Crippen molar-refractivity contribution >= 4 is 47.0 Å². The van der Waals surface area contributed by atoms with Gasteiger partial charge >= 0.3 is 0 Å². The van der Waals surface area contributed by atoms with Gasteiger partial charge in [0.2, 0.25) is 11.8 Å². The van der Waals surface area contributed by atoms with Crippen LogP contribution in [0.5, 0.6) is 11.5 Å². The van der Waals surface area contributed by atoms with Crippen molar-refractivity contribution in [3.8, 4) is 17.6 Å². The van der Waals surface area contributed by atoms with E-state index in [-0.39, 0.29) is 54.0 Å². The van der Waals surface area contributed by atoms with Crippen molar-refractivity contribution in [2.24, 2.45) is 0 Å². The minimum Gasteiger partial charge on any atom is -0.490 e. The van der Waals surface area contributed by atoms with Crippen LogP contribution in [0.2, 0.25) is 5.02 Å². The molecule has 1 unspecified atom stereocenters. The highest BCUT2D eigenvalue weighted by Crippen LogP contribution is 2.33. The number of nitrogens with zero attached hydrogens (tertiary/aromatic N) is 5. The van der Waals surface area contributed by atoms with Crippen LogP contribution in [0.25, 0.3) is 0 Å². The molecule has 3 fully saturated rings. The molecule has 55 heavy (non-hydrogen) atoms. The Morgan fingerprint density at radius 3 is 2.36 bits per heavy atom. The Morgan fingerprint density at radius 2 is 1.69 bits per heavy atom. The van der Waals surface area contributed by atoms with Crippen molar-refractivity contribution in [1.29, 1.82) is 5.26 Å². The van der Waals surface area contributed by atoms with E-state index in [9.17, 15) is 28.4 Å². The van der Waals surface area contributed by atoms with Crippen molar-refractivity contribution in [1.82, 2.24) is 25.4 Å². The molecule has 14 nitrogen and oxygen atoms in total. The molecule has 1 aliphatic carbocycles. The van der Waals surface area contributed by atoms with Gasteiger partial charge in [0.05, 0.1) is 33.4 Å². The number of fused-ring (bicyclic) bond motifs is 1. The third-order valence-electron chi connectivity index (χ3n) is 10.3. The molecule has 17 heteroatoms. The van der Waals surface area contributed by atoms with Crippen LogP contribution in [0.3, 0.4) is 0 Å². The number of hydrogen-bond donors (Lipinski definition) is 2. The summed E-state index contributed by atoms with van der Waals surface area (Å²) in [6.45, 7) is 2.65. The molecule has 286 valence electrons. The van der Waals surface area contributed by atoms with Gasteiger partial charge in [-0.25, -0.2) is 13.8 Å². The topological polar surface area (TPSA) is 174 Å². The van der Waals surface area contributed by atoms with E-state index in [2.05, 4.69) is 20.5 Å². The first kappa shape index (κ1) is 37.6. The first-order chi connectivity index (χ1) is 26.5. The number of piperidine rings is 1. The molecule has 3 aliphatic heterocycles. The summed E-state index contributed by atoms with van der Waals surface area (Å²) in [5.41, 5.74) is -0.0223. The molecule has 1 atom stereocenters. The van der Waals surface area contributed by atoms with Crippen LogP contribution in [-0.2, 0) is 9.59 Å². The molecular formula is C38H36ClF2N7O7. The van der Waals surface area contributed by atoms with E-state index in [0.717, 1.165) is 17.0 Å². The number of hydrogen-bond acceptors (Lipinski definition) is 11. The molecule has 3 aromatic rings. The Morgan fingerprint density at radius 1 is 0.964 bits per heavy atom. The maximum absolute atomic E-state index is 15.2. The highest BCUT2D eigenvalue weighted by atomic mass is 35.5. The molecule has 7 rings (SSSR count). The molecule has 5 amide bonds. The molecule has 4 aliphatic rings. The number of ether oxygens (including phenoxy) is 2. The van der Waals surface area contributed by atoms with Crippen LogP contribution in [0.1, 0.15) is 75.2 Å². The first-order valence-corrected chi connectivity index (χ1v) is 18.3. The normalized spacial score (nSPS) is 21.5. The SMILES string of the molecule is N#Cc1ccc(OC2CCC(NC(=O)c3cnc(N4CCN(CCOc5cc6c(cc5F)C(=O)N(C5CCC(=O)NC5=O)C6=O)CC4)cc3F)CC2)cc1Cl. The molecule has 2 saturated heterocycles. The zero-order valence-corrected chi connectivity index (χ0v) is 30.2. The molecule has 1 saturated carbocycles. The van der Waals surface area contributed by atoms with Crippen LogP contribution >= 0.6 is 11.6 Å². The number of imide groups is 2. The van der Waals surface area contributed by atoms with Gasteiger partial charge < -0.3 is 19.7 Å². The Balaban J connectivity index is 0.852. The number of rotatable bonds is 10. The quantitative estimate of drug-likeness (QED) is 0.288. The van der Waals surface area contributed by atoms with E-state index in [4.69, 9.17) is 26.3 Å². The summed E-state index contributed by atoms with van der Waals surface area (Å²) in [5.74, 6) is -4.08. The molecule has 2 aromatic carbocycles. The van der Waals surface area contributed by atoms with E-state index >= 15 is 4.39 Å². The van der Waals surface area contributed by atoms with Crippen molar-refractivity contribution in [2.75, 3.05) is 44.2 Å². The lowest BCUT2D eigenvalue weighted by Gasteiger charge is -2.35. The average molecular weight is 776 g/mol. The second-order valence-electron chi connectivity index (χ2n) is 13.8. The number of halogens is 3. The zero-order valence-electron chi connectivity index (χ0n) is 29.5. The van der Waals surface area contributed by atoms with Gasteiger partial charge in [-0.15, -0.1) is 0 Å². The zero-order chi connectivity index (χ0) is 38.8. The van der Waals surface area contributed by atoms with E-state index in [1.165, 1.54) is 12.3 Å². The lowest BCUT2D eigenvalue weighted by atomic mass is 9.92. The summed E-state index contributed by atoms with van der Waals surface area (Å²) >= 11 is 6.11. The molecule has 4 heterocycles. The minimum atomic E-state index is -1.16. The number of carbonyl (C=O) groups excluding carboxylic acids is 5. The lowest BCUT2D eigenvalue weighted by molar-refractivity contribution is -0.136. The van der Waals surface area contributed by atoms with Crippen LogP contribution in [0.15, 0.2) is 42.6 Å². The van der Waals surface area contributed by atoms with Gasteiger partial charge in [-0.1, -0.05) is 11.6 Å². The summed E-state index contributed by atoms with van der Waals surface area (Å²) in [6.07, 6.45) is 3.80. The van der Waals surface area contributed by atoms with Crippen molar-refractivity contribution in [2.45, 2.75) is 56.7 Å². The number of nitriles is 1. The Hall–Kier alpha value is -5.66. The van der Waals surface area contributed by atoms with Crippen molar-refractivity contribution in [3.05, 3.63) is 81.5 Å². The molecule has 0 radical (unpaired) electrons. The summed E-state index contributed by atoms with van der Waals surface area (Å²) in [5, 5.41) is 14.4. The second-order valence-corrected chi connectivity index (χ2v) is 14.2. The molecular weight excluding hydrogens is 740 g/mol. The van der Waals surface area contributed by atoms with Crippen molar-refractivity contribution < 1.29 is 42.2 Å². The number of pyridine rings is 1. The summed E-state index contributed by atoms with van der Waals surface area (Å²) < 4.78 is 41.8. The third-order valence-corrected chi connectivity index (χ3v) is 10.6. The number of anilines is 1. The van der Waals surface area contributed by atoms with Gasteiger partial charge in [0.15, 0.2) is 11.6 Å². The average Bonchev–Trinajstić information content (AvgIpc) is 3.40. The van der Waals surface area contributed by atoms with Gasteiger partial charge in [0.25, 0.3) is 17.7 Å². The first-order valence-electron chi connectivity index (χ1n) is 18.0. The predicted octanol–water partition coefficient (Wildman–Crippen LogP) is 3.61. The summed E-state index contributed by atoms with van der Waals surface area (Å²) in [6, 6.07) is 8.98.